The first kappa shape index (κ1) is 11.1. The van der Waals surface area contributed by atoms with Gasteiger partial charge in [0.25, 0.3) is 0 Å². The van der Waals surface area contributed by atoms with Gasteiger partial charge >= 0.3 is 5.97 Å². The Morgan fingerprint density at radius 2 is 1.80 bits per heavy atom. The van der Waals surface area contributed by atoms with Gasteiger partial charge in [-0.2, -0.15) is 0 Å². The Kier molecular flexibility index (Phi) is 3.33. The molecular weight excluding hydrogens is 199 g/mol. The maximum Gasteiger partial charge on any atom is 0.339 e. The number of aliphatic carboxylic acids is 1. The third-order valence-electron chi connectivity index (χ3n) is 1.87. The predicted octanol–water partition coefficient (Wildman–Crippen LogP) is 2.04. The molecular formula is C11H9FO3. The van der Waals surface area contributed by atoms with Crippen LogP contribution < -0.4 is 0 Å². The highest BCUT2D eigenvalue weighted by molar-refractivity contribution is 6.23. The molecule has 0 atom stereocenters. The van der Waals surface area contributed by atoms with Crippen LogP contribution in [0, 0.1) is 5.82 Å². The zero-order valence-electron chi connectivity index (χ0n) is 8.03. The molecule has 0 saturated heterocycles. The van der Waals surface area contributed by atoms with Crippen LogP contribution in [0.3, 0.4) is 0 Å². The highest BCUT2D eigenvalue weighted by Crippen LogP contribution is 2.09. The van der Waals surface area contributed by atoms with Gasteiger partial charge in [-0.25, -0.2) is 9.18 Å². The van der Waals surface area contributed by atoms with Crippen molar-refractivity contribution in [2.24, 2.45) is 0 Å². The molecule has 1 N–H and O–H groups in total. The summed E-state index contributed by atoms with van der Waals surface area (Å²) in [4.78, 5) is 22.2. The zero-order chi connectivity index (χ0) is 11.4. The van der Waals surface area contributed by atoms with Gasteiger partial charge in [0, 0.05) is 5.56 Å². The molecule has 0 aromatic heterocycles. The van der Waals surface area contributed by atoms with E-state index in [0.717, 1.165) is 12.1 Å². The molecule has 0 radical (unpaired) electrons. The number of rotatable bonds is 3. The van der Waals surface area contributed by atoms with E-state index in [4.69, 9.17) is 5.11 Å². The number of carbonyl (C=O) groups is 2. The van der Waals surface area contributed by atoms with E-state index in [1.807, 2.05) is 0 Å². The van der Waals surface area contributed by atoms with Crippen LogP contribution in [-0.2, 0) is 4.79 Å². The van der Waals surface area contributed by atoms with E-state index in [0.29, 0.717) is 0 Å². The Morgan fingerprint density at radius 3 is 2.20 bits per heavy atom. The molecule has 15 heavy (non-hydrogen) atoms. The number of benzene rings is 1. The van der Waals surface area contributed by atoms with Gasteiger partial charge in [-0.3, -0.25) is 4.79 Å². The van der Waals surface area contributed by atoms with Gasteiger partial charge in [0.2, 0.25) is 0 Å². The van der Waals surface area contributed by atoms with Crippen molar-refractivity contribution in [3.8, 4) is 0 Å². The summed E-state index contributed by atoms with van der Waals surface area (Å²) in [5.74, 6) is -2.37. The molecule has 0 aliphatic rings. The second kappa shape index (κ2) is 4.50. The van der Waals surface area contributed by atoms with E-state index in [1.54, 1.807) is 0 Å². The highest BCUT2D eigenvalue weighted by atomic mass is 19.1. The number of hydrogen-bond donors (Lipinski definition) is 1. The molecule has 0 saturated carbocycles. The van der Waals surface area contributed by atoms with Crippen molar-refractivity contribution in [2.75, 3.05) is 0 Å². The van der Waals surface area contributed by atoms with Crippen molar-refractivity contribution in [3.05, 3.63) is 47.3 Å². The second-order valence-corrected chi connectivity index (χ2v) is 2.84. The van der Waals surface area contributed by atoms with Gasteiger partial charge in [0.15, 0.2) is 5.78 Å². The minimum Gasteiger partial charge on any atom is -0.478 e. The van der Waals surface area contributed by atoms with Gasteiger partial charge < -0.3 is 5.11 Å². The average Bonchev–Trinajstić information content (AvgIpc) is 2.19. The molecule has 0 spiro atoms. The summed E-state index contributed by atoms with van der Waals surface area (Å²) in [7, 11) is 0. The maximum absolute atomic E-state index is 12.5. The fourth-order valence-corrected chi connectivity index (χ4v) is 1.11. The van der Waals surface area contributed by atoms with Gasteiger partial charge in [-0.15, -0.1) is 0 Å². The number of allylic oxidation sites excluding steroid dienone is 1. The van der Waals surface area contributed by atoms with Crippen molar-refractivity contribution in [2.45, 2.75) is 6.92 Å². The predicted molar refractivity (Wildman–Crippen MR) is 52.1 cm³/mol. The summed E-state index contributed by atoms with van der Waals surface area (Å²) in [6, 6.07) is 4.74. The van der Waals surface area contributed by atoms with Crippen LogP contribution in [0.25, 0.3) is 0 Å². The molecule has 0 aliphatic carbocycles. The quantitative estimate of drug-likeness (QED) is 0.358. The number of hydrogen-bond acceptors (Lipinski definition) is 2. The zero-order valence-corrected chi connectivity index (χ0v) is 8.03. The lowest BCUT2D eigenvalue weighted by atomic mass is 10.0. The lowest BCUT2D eigenvalue weighted by Crippen LogP contribution is -2.12. The van der Waals surface area contributed by atoms with Crippen molar-refractivity contribution in [3.63, 3.8) is 0 Å². The first-order valence-electron chi connectivity index (χ1n) is 4.26. The van der Waals surface area contributed by atoms with Crippen LogP contribution >= 0.6 is 0 Å². The van der Waals surface area contributed by atoms with Crippen molar-refractivity contribution < 1.29 is 19.1 Å². The Morgan fingerprint density at radius 1 is 1.27 bits per heavy atom. The topological polar surface area (TPSA) is 54.4 Å². The number of ketones is 1. The fraction of sp³-hybridized carbons (Fsp3) is 0.0909. The van der Waals surface area contributed by atoms with E-state index in [2.05, 4.69) is 0 Å². The average molecular weight is 208 g/mol. The minimum atomic E-state index is -1.29. The molecule has 1 aromatic carbocycles. The second-order valence-electron chi connectivity index (χ2n) is 2.84. The Bertz CT molecular complexity index is 418. The molecule has 78 valence electrons. The summed E-state index contributed by atoms with van der Waals surface area (Å²) in [5, 5.41) is 8.70. The lowest BCUT2D eigenvalue weighted by molar-refractivity contribution is -0.132. The molecule has 0 heterocycles. The van der Waals surface area contributed by atoms with Gasteiger partial charge in [-0.1, -0.05) is 6.08 Å². The van der Waals surface area contributed by atoms with Crippen LogP contribution in [0.15, 0.2) is 35.9 Å². The molecule has 0 bridgehead atoms. The number of carbonyl (C=O) groups excluding carboxylic acids is 1. The summed E-state index contributed by atoms with van der Waals surface area (Å²) < 4.78 is 12.5. The number of halogens is 1. The number of Topliss-reactive ketones (excluding diaryl/α,β-unsaturated/α-hetero) is 1. The van der Waals surface area contributed by atoms with E-state index in [-0.39, 0.29) is 11.1 Å². The van der Waals surface area contributed by atoms with Gasteiger partial charge in [0.1, 0.15) is 11.4 Å². The summed E-state index contributed by atoms with van der Waals surface area (Å²) >= 11 is 0. The monoisotopic (exact) mass is 208 g/mol. The number of carboxylic acid groups (broad SMARTS) is 1. The molecule has 4 heteroatoms. The largest absolute Gasteiger partial charge is 0.478 e. The van der Waals surface area contributed by atoms with Gasteiger partial charge in [0.05, 0.1) is 0 Å². The van der Waals surface area contributed by atoms with Crippen molar-refractivity contribution in [1.29, 1.82) is 0 Å². The van der Waals surface area contributed by atoms with Crippen molar-refractivity contribution >= 4 is 11.8 Å². The first-order valence-corrected chi connectivity index (χ1v) is 4.26. The Hall–Kier alpha value is -1.97. The van der Waals surface area contributed by atoms with Crippen LogP contribution in [0.1, 0.15) is 17.3 Å². The van der Waals surface area contributed by atoms with E-state index in [1.165, 1.54) is 25.1 Å². The molecule has 0 amide bonds. The Balaban J connectivity index is 3.04. The Labute approximate surface area is 85.8 Å². The third kappa shape index (κ3) is 2.49. The van der Waals surface area contributed by atoms with E-state index in [9.17, 15) is 14.0 Å². The molecule has 1 aromatic rings. The third-order valence-corrected chi connectivity index (χ3v) is 1.87. The van der Waals surface area contributed by atoms with Crippen LogP contribution in [-0.4, -0.2) is 16.9 Å². The van der Waals surface area contributed by atoms with Gasteiger partial charge in [-0.05, 0) is 31.2 Å². The SMILES string of the molecule is CC=C(C(=O)O)C(=O)c1ccc(F)cc1. The van der Waals surface area contributed by atoms with Crippen molar-refractivity contribution in [1.82, 2.24) is 0 Å². The molecule has 3 nitrogen and oxygen atoms in total. The van der Waals surface area contributed by atoms with Crippen LogP contribution in [0.2, 0.25) is 0 Å². The molecule has 0 unspecified atom stereocenters. The molecule has 1 rings (SSSR count). The maximum atomic E-state index is 12.5. The fourth-order valence-electron chi connectivity index (χ4n) is 1.11. The number of carboxylic acids is 1. The lowest BCUT2D eigenvalue weighted by Gasteiger charge is -2.00. The summed E-state index contributed by atoms with van der Waals surface area (Å²) in [6.45, 7) is 1.46. The first-order chi connectivity index (χ1) is 7.06. The van der Waals surface area contributed by atoms with Crippen LogP contribution in [0.4, 0.5) is 4.39 Å². The minimum absolute atomic E-state index is 0.159. The molecule has 0 aliphatic heterocycles. The normalized spacial score (nSPS) is 11.2. The standard InChI is InChI=1S/C11H9FO3/c1-2-9(11(14)15)10(13)7-3-5-8(12)6-4-7/h2-6H,1H3,(H,14,15). The summed E-state index contributed by atoms with van der Waals surface area (Å²) in [6.07, 6.45) is 1.22. The molecule has 0 fully saturated rings. The van der Waals surface area contributed by atoms with E-state index < -0.39 is 17.6 Å². The summed E-state index contributed by atoms with van der Waals surface area (Å²) in [5.41, 5.74) is -0.159. The smallest absolute Gasteiger partial charge is 0.339 e. The van der Waals surface area contributed by atoms with Crippen LogP contribution in [0.5, 0.6) is 0 Å². The highest BCUT2D eigenvalue weighted by Gasteiger charge is 2.17. The van der Waals surface area contributed by atoms with E-state index >= 15 is 0 Å².